The molecule has 0 radical (unpaired) electrons. The molecule has 0 spiro atoms. The first-order chi connectivity index (χ1) is 11.7. The Labute approximate surface area is 147 Å². The number of amides is 2. The van der Waals surface area contributed by atoms with Crippen LogP contribution in [0.4, 0.5) is 4.39 Å². The zero-order valence-corrected chi connectivity index (χ0v) is 14.8. The third-order valence-corrected chi connectivity index (χ3v) is 3.87. The fraction of sp³-hybridized carbons (Fsp3) is 0.500. The summed E-state index contributed by atoms with van der Waals surface area (Å²) in [7, 11) is 0. The Balaban J connectivity index is 2.68. The molecule has 0 aliphatic heterocycles. The van der Waals surface area contributed by atoms with Gasteiger partial charge in [-0.05, 0) is 37.0 Å². The van der Waals surface area contributed by atoms with Crippen molar-refractivity contribution in [3.63, 3.8) is 0 Å². The first kappa shape index (κ1) is 20.6. The van der Waals surface area contributed by atoms with E-state index in [1.807, 2.05) is 6.92 Å². The SMILES string of the molecule is CC(=O)NCCN(C(=O)CC(C)Cc1cccc(F)c1)C(C)C(=O)O. The van der Waals surface area contributed by atoms with Crippen molar-refractivity contribution < 1.29 is 23.9 Å². The molecule has 2 N–H and O–H groups in total. The minimum absolute atomic E-state index is 0.0708. The van der Waals surface area contributed by atoms with Crippen LogP contribution in [0.1, 0.15) is 32.8 Å². The zero-order valence-electron chi connectivity index (χ0n) is 14.8. The van der Waals surface area contributed by atoms with Crippen LogP contribution < -0.4 is 5.32 Å². The summed E-state index contributed by atoms with van der Waals surface area (Å²) in [5.74, 6) is -2.04. The van der Waals surface area contributed by atoms with Crippen molar-refractivity contribution in [1.82, 2.24) is 10.2 Å². The number of aliphatic carboxylic acids is 1. The topological polar surface area (TPSA) is 86.7 Å². The van der Waals surface area contributed by atoms with E-state index in [9.17, 15) is 23.9 Å². The number of benzene rings is 1. The summed E-state index contributed by atoms with van der Waals surface area (Å²) in [6.07, 6.45) is 0.665. The van der Waals surface area contributed by atoms with Crippen molar-refractivity contribution in [2.24, 2.45) is 5.92 Å². The zero-order chi connectivity index (χ0) is 19.0. The van der Waals surface area contributed by atoms with Crippen molar-refractivity contribution in [1.29, 1.82) is 0 Å². The average Bonchev–Trinajstić information content (AvgIpc) is 2.50. The molecule has 0 saturated heterocycles. The summed E-state index contributed by atoms with van der Waals surface area (Å²) < 4.78 is 13.2. The molecule has 2 unspecified atom stereocenters. The average molecular weight is 352 g/mol. The molecule has 138 valence electrons. The molecular weight excluding hydrogens is 327 g/mol. The summed E-state index contributed by atoms with van der Waals surface area (Å²) in [5, 5.41) is 11.7. The van der Waals surface area contributed by atoms with E-state index in [-0.39, 0.29) is 43.1 Å². The Morgan fingerprint density at radius 2 is 1.96 bits per heavy atom. The van der Waals surface area contributed by atoms with Gasteiger partial charge in [0.05, 0.1) is 0 Å². The molecule has 1 aromatic carbocycles. The molecule has 0 bridgehead atoms. The van der Waals surface area contributed by atoms with Crippen molar-refractivity contribution in [3.8, 4) is 0 Å². The molecule has 0 aromatic heterocycles. The number of nitrogens with one attached hydrogen (secondary N) is 1. The molecule has 6 nitrogen and oxygen atoms in total. The van der Waals surface area contributed by atoms with E-state index < -0.39 is 12.0 Å². The normalized spacial score (nSPS) is 13.0. The molecule has 0 aliphatic rings. The minimum Gasteiger partial charge on any atom is -0.480 e. The lowest BCUT2D eigenvalue weighted by Crippen LogP contribution is -2.47. The second kappa shape index (κ2) is 9.76. The maximum Gasteiger partial charge on any atom is 0.326 e. The number of rotatable bonds is 9. The highest BCUT2D eigenvalue weighted by molar-refractivity contribution is 5.83. The van der Waals surface area contributed by atoms with Gasteiger partial charge in [0.25, 0.3) is 0 Å². The molecule has 7 heteroatoms. The number of carbonyl (C=O) groups is 3. The molecule has 2 atom stereocenters. The summed E-state index contributed by atoms with van der Waals surface area (Å²) in [4.78, 5) is 35.9. The number of carboxylic acids is 1. The Hall–Kier alpha value is -2.44. The van der Waals surface area contributed by atoms with Gasteiger partial charge in [-0.2, -0.15) is 0 Å². The van der Waals surface area contributed by atoms with Gasteiger partial charge in [0, 0.05) is 26.4 Å². The molecule has 0 aliphatic carbocycles. The van der Waals surface area contributed by atoms with E-state index >= 15 is 0 Å². The highest BCUT2D eigenvalue weighted by Crippen LogP contribution is 2.15. The van der Waals surface area contributed by atoms with Crippen LogP contribution in [0.2, 0.25) is 0 Å². The van der Waals surface area contributed by atoms with E-state index in [1.54, 1.807) is 12.1 Å². The van der Waals surface area contributed by atoms with Gasteiger partial charge in [0.1, 0.15) is 11.9 Å². The molecule has 0 heterocycles. The quantitative estimate of drug-likeness (QED) is 0.710. The molecule has 0 fully saturated rings. The maximum atomic E-state index is 13.2. The van der Waals surface area contributed by atoms with Gasteiger partial charge >= 0.3 is 5.97 Å². The molecule has 2 amide bonds. The Morgan fingerprint density at radius 3 is 2.52 bits per heavy atom. The monoisotopic (exact) mass is 352 g/mol. The van der Waals surface area contributed by atoms with Crippen LogP contribution in [0.25, 0.3) is 0 Å². The predicted molar refractivity (Wildman–Crippen MR) is 91.4 cm³/mol. The fourth-order valence-electron chi connectivity index (χ4n) is 2.57. The maximum absolute atomic E-state index is 13.2. The first-order valence-corrected chi connectivity index (χ1v) is 8.21. The van der Waals surface area contributed by atoms with E-state index in [0.29, 0.717) is 6.42 Å². The number of nitrogens with zero attached hydrogens (tertiary/aromatic N) is 1. The molecule has 0 saturated carbocycles. The van der Waals surface area contributed by atoms with Crippen LogP contribution in [0, 0.1) is 11.7 Å². The second-order valence-corrected chi connectivity index (χ2v) is 6.23. The number of hydrogen-bond acceptors (Lipinski definition) is 3. The lowest BCUT2D eigenvalue weighted by atomic mass is 9.97. The van der Waals surface area contributed by atoms with E-state index in [0.717, 1.165) is 5.56 Å². The largest absolute Gasteiger partial charge is 0.480 e. The Kier molecular flexibility index (Phi) is 8.04. The van der Waals surface area contributed by atoms with Gasteiger partial charge in [0.15, 0.2) is 0 Å². The van der Waals surface area contributed by atoms with Gasteiger partial charge in [-0.15, -0.1) is 0 Å². The predicted octanol–water partition coefficient (Wildman–Crippen LogP) is 1.83. The van der Waals surface area contributed by atoms with E-state index in [2.05, 4.69) is 5.32 Å². The highest BCUT2D eigenvalue weighted by atomic mass is 19.1. The lowest BCUT2D eigenvalue weighted by Gasteiger charge is -2.28. The third-order valence-electron chi connectivity index (χ3n) is 3.87. The number of carbonyl (C=O) groups excluding carboxylic acids is 2. The van der Waals surface area contributed by atoms with Crippen molar-refractivity contribution in [2.75, 3.05) is 13.1 Å². The van der Waals surface area contributed by atoms with Crippen LogP contribution in [-0.2, 0) is 20.8 Å². The van der Waals surface area contributed by atoms with Gasteiger partial charge in [-0.25, -0.2) is 9.18 Å². The van der Waals surface area contributed by atoms with Crippen LogP contribution in [-0.4, -0.2) is 46.9 Å². The first-order valence-electron chi connectivity index (χ1n) is 8.21. The molecule has 1 rings (SSSR count). The molecular formula is C18H25FN2O4. The highest BCUT2D eigenvalue weighted by Gasteiger charge is 2.26. The number of halogens is 1. The van der Waals surface area contributed by atoms with Crippen molar-refractivity contribution in [2.45, 2.75) is 39.7 Å². The molecule has 25 heavy (non-hydrogen) atoms. The molecule has 1 aromatic rings. The summed E-state index contributed by atoms with van der Waals surface area (Å²) in [6.45, 7) is 4.97. The number of hydrogen-bond donors (Lipinski definition) is 2. The van der Waals surface area contributed by atoms with Crippen LogP contribution in [0.5, 0.6) is 0 Å². The summed E-state index contributed by atoms with van der Waals surface area (Å²) >= 11 is 0. The number of carboxylic acid groups (broad SMARTS) is 1. The van der Waals surface area contributed by atoms with Gasteiger partial charge < -0.3 is 15.3 Å². The second-order valence-electron chi connectivity index (χ2n) is 6.23. The van der Waals surface area contributed by atoms with Gasteiger partial charge in [-0.3, -0.25) is 9.59 Å². The smallest absolute Gasteiger partial charge is 0.326 e. The summed E-state index contributed by atoms with van der Waals surface area (Å²) in [5.41, 5.74) is 0.788. The lowest BCUT2D eigenvalue weighted by molar-refractivity contribution is -0.149. The van der Waals surface area contributed by atoms with Crippen LogP contribution in [0.15, 0.2) is 24.3 Å². The van der Waals surface area contributed by atoms with Gasteiger partial charge in [-0.1, -0.05) is 19.1 Å². The van der Waals surface area contributed by atoms with E-state index in [1.165, 1.54) is 30.9 Å². The Morgan fingerprint density at radius 1 is 1.28 bits per heavy atom. The van der Waals surface area contributed by atoms with Crippen LogP contribution >= 0.6 is 0 Å². The van der Waals surface area contributed by atoms with Crippen LogP contribution in [0.3, 0.4) is 0 Å². The fourth-order valence-corrected chi connectivity index (χ4v) is 2.57. The third kappa shape index (κ3) is 7.32. The minimum atomic E-state index is -1.10. The van der Waals surface area contributed by atoms with Gasteiger partial charge in [0.2, 0.25) is 11.8 Å². The standard InChI is InChI=1S/C18H25FN2O4/c1-12(9-15-5-4-6-16(19)11-15)10-17(23)21(13(2)18(24)25)8-7-20-14(3)22/h4-6,11-13H,7-10H2,1-3H3,(H,20,22)(H,24,25). The Bertz CT molecular complexity index is 621. The van der Waals surface area contributed by atoms with Crippen molar-refractivity contribution >= 4 is 17.8 Å². The van der Waals surface area contributed by atoms with E-state index in [4.69, 9.17) is 0 Å². The summed E-state index contributed by atoms with van der Waals surface area (Å²) in [6, 6.07) is 5.21. The van der Waals surface area contributed by atoms with Crippen molar-refractivity contribution in [3.05, 3.63) is 35.6 Å².